The summed E-state index contributed by atoms with van der Waals surface area (Å²) in [6.45, 7) is 4.01. The summed E-state index contributed by atoms with van der Waals surface area (Å²) < 4.78 is 0. The Labute approximate surface area is 106 Å². The lowest BCUT2D eigenvalue weighted by Gasteiger charge is -2.11. The number of thiocarbonyl (C=S) groups is 1. The van der Waals surface area contributed by atoms with Crippen molar-refractivity contribution in [3.63, 3.8) is 0 Å². The van der Waals surface area contributed by atoms with E-state index in [2.05, 4.69) is 21.5 Å². The van der Waals surface area contributed by atoms with E-state index in [-0.39, 0.29) is 6.03 Å². The molecule has 0 saturated heterocycles. The fourth-order valence-corrected chi connectivity index (χ4v) is 1.21. The van der Waals surface area contributed by atoms with Crippen LogP contribution in [0.1, 0.15) is 11.1 Å². The van der Waals surface area contributed by atoms with Gasteiger partial charge in [0.05, 0.1) is 0 Å². The zero-order valence-electron chi connectivity index (χ0n) is 10.0. The highest BCUT2D eigenvalue weighted by atomic mass is 32.1. The molecule has 1 aromatic carbocycles. The highest BCUT2D eigenvalue weighted by Crippen LogP contribution is 2.13. The number of hydrogen-bond donors (Lipinski definition) is 4. The molecule has 0 aliphatic carbocycles. The van der Waals surface area contributed by atoms with Crippen molar-refractivity contribution in [2.24, 2.45) is 0 Å². The van der Waals surface area contributed by atoms with E-state index in [9.17, 15) is 4.79 Å². The monoisotopic (exact) mass is 252 g/mol. The first kappa shape index (κ1) is 13.2. The number of aryl methyl sites for hydroxylation is 2. The van der Waals surface area contributed by atoms with Crippen molar-refractivity contribution in [1.82, 2.24) is 16.2 Å². The number of amides is 2. The van der Waals surface area contributed by atoms with Crippen molar-refractivity contribution in [3.8, 4) is 0 Å². The van der Waals surface area contributed by atoms with Crippen LogP contribution in [0.5, 0.6) is 0 Å². The predicted molar refractivity (Wildman–Crippen MR) is 72.9 cm³/mol. The number of carbonyl (C=O) groups is 1. The average Bonchev–Trinajstić information content (AvgIpc) is 2.31. The van der Waals surface area contributed by atoms with Crippen LogP contribution in [0, 0.1) is 13.8 Å². The summed E-state index contributed by atoms with van der Waals surface area (Å²) in [5.41, 5.74) is 8.00. The fourth-order valence-electron chi connectivity index (χ4n) is 1.16. The molecule has 0 fully saturated rings. The molecule has 0 bridgehead atoms. The molecule has 0 radical (unpaired) electrons. The molecular formula is C11H16N4OS. The van der Waals surface area contributed by atoms with E-state index in [0.717, 1.165) is 11.3 Å². The van der Waals surface area contributed by atoms with Gasteiger partial charge in [-0.1, -0.05) is 6.07 Å². The molecule has 17 heavy (non-hydrogen) atoms. The number of hydrazine groups is 1. The number of urea groups is 1. The van der Waals surface area contributed by atoms with Gasteiger partial charge in [0.15, 0.2) is 5.11 Å². The van der Waals surface area contributed by atoms with Gasteiger partial charge < -0.3 is 10.6 Å². The van der Waals surface area contributed by atoms with Gasteiger partial charge in [-0.15, -0.1) is 0 Å². The van der Waals surface area contributed by atoms with Crippen LogP contribution in [0.4, 0.5) is 10.5 Å². The molecule has 4 N–H and O–H groups in total. The first-order valence-electron chi connectivity index (χ1n) is 5.15. The quantitative estimate of drug-likeness (QED) is 0.451. The maximum absolute atomic E-state index is 11.5. The van der Waals surface area contributed by atoms with Crippen LogP contribution < -0.4 is 21.5 Å². The molecule has 0 aliphatic heterocycles. The van der Waals surface area contributed by atoms with Gasteiger partial charge in [-0.2, -0.15) is 0 Å². The van der Waals surface area contributed by atoms with Crippen molar-refractivity contribution >= 4 is 29.0 Å². The molecule has 0 aliphatic rings. The zero-order valence-corrected chi connectivity index (χ0v) is 10.9. The Hall–Kier alpha value is -1.82. The van der Waals surface area contributed by atoms with E-state index in [1.165, 1.54) is 5.56 Å². The third-order valence-electron chi connectivity index (χ3n) is 2.28. The summed E-state index contributed by atoms with van der Waals surface area (Å²) in [5.74, 6) is 0. The highest BCUT2D eigenvalue weighted by molar-refractivity contribution is 7.80. The van der Waals surface area contributed by atoms with Gasteiger partial charge >= 0.3 is 6.03 Å². The second-order valence-electron chi connectivity index (χ2n) is 3.58. The molecule has 0 heterocycles. The third kappa shape index (κ3) is 4.28. The van der Waals surface area contributed by atoms with Crippen LogP contribution >= 0.6 is 12.2 Å². The number of hydrogen-bond acceptors (Lipinski definition) is 2. The lowest BCUT2D eigenvalue weighted by molar-refractivity contribution is 0.250. The Morgan fingerprint density at radius 1 is 1.18 bits per heavy atom. The van der Waals surface area contributed by atoms with Crippen LogP contribution in [-0.4, -0.2) is 18.2 Å². The minimum Gasteiger partial charge on any atom is -0.364 e. The zero-order chi connectivity index (χ0) is 12.8. The first-order chi connectivity index (χ1) is 8.02. The van der Waals surface area contributed by atoms with Crippen molar-refractivity contribution < 1.29 is 4.79 Å². The second-order valence-corrected chi connectivity index (χ2v) is 3.99. The summed E-state index contributed by atoms with van der Waals surface area (Å²) in [6.07, 6.45) is 0. The lowest BCUT2D eigenvalue weighted by atomic mass is 10.1. The molecule has 5 nitrogen and oxygen atoms in total. The smallest absolute Gasteiger partial charge is 0.337 e. The summed E-state index contributed by atoms with van der Waals surface area (Å²) in [6, 6.07) is 5.34. The largest absolute Gasteiger partial charge is 0.364 e. The SMILES string of the molecule is CNC(=S)NNC(=O)Nc1ccc(C)c(C)c1. The second kappa shape index (κ2) is 6.05. The molecule has 0 atom stereocenters. The molecule has 0 aromatic heterocycles. The Morgan fingerprint density at radius 2 is 1.88 bits per heavy atom. The van der Waals surface area contributed by atoms with Crippen LogP contribution in [0.3, 0.4) is 0 Å². The Bertz CT molecular complexity index is 433. The van der Waals surface area contributed by atoms with Crippen molar-refractivity contribution in [2.75, 3.05) is 12.4 Å². The molecule has 6 heteroatoms. The van der Waals surface area contributed by atoms with E-state index < -0.39 is 0 Å². The minimum atomic E-state index is -0.370. The maximum atomic E-state index is 11.5. The summed E-state index contributed by atoms with van der Waals surface area (Å²) in [7, 11) is 1.66. The number of anilines is 1. The fraction of sp³-hybridized carbons (Fsp3) is 0.273. The number of carbonyl (C=O) groups excluding carboxylic acids is 1. The van der Waals surface area contributed by atoms with E-state index in [0.29, 0.717) is 5.11 Å². The molecule has 0 unspecified atom stereocenters. The van der Waals surface area contributed by atoms with Gasteiger partial charge in [-0.3, -0.25) is 5.43 Å². The summed E-state index contributed by atoms with van der Waals surface area (Å²) >= 11 is 4.81. The van der Waals surface area contributed by atoms with Crippen LogP contribution in [0.15, 0.2) is 18.2 Å². The molecule has 1 rings (SSSR count). The highest BCUT2D eigenvalue weighted by Gasteiger charge is 2.02. The Kier molecular flexibility index (Phi) is 4.71. The molecule has 0 saturated carbocycles. The lowest BCUT2D eigenvalue weighted by Crippen LogP contribution is -2.47. The molecule has 0 spiro atoms. The summed E-state index contributed by atoms with van der Waals surface area (Å²) in [4.78, 5) is 11.5. The maximum Gasteiger partial charge on any atom is 0.337 e. The molecule has 92 valence electrons. The van der Waals surface area contributed by atoms with Crippen molar-refractivity contribution in [1.29, 1.82) is 0 Å². The number of benzene rings is 1. The Morgan fingerprint density at radius 3 is 2.47 bits per heavy atom. The van der Waals surface area contributed by atoms with Gasteiger partial charge in [0.25, 0.3) is 0 Å². The van der Waals surface area contributed by atoms with Crippen molar-refractivity contribution in [2.45, 2.75) is 13.8 Å². The molecule has 2 amide bonds. The van der Waals surface area contributed by atoms with Gasteiger partial charge in [-0.05, 0) is 49.3 Å². The number of rotatable bonds is 1. The Balaban J connectivity index is 2.50. The number of nitrogens with one attached hydrogen (secondary N) is 4. The average molecular weight is 252 g/mol. The van der Waals surface area contributed by atoms with Crippen LogP contribution in [0.2, 0.25) is 0 Å². The standard InChI is InChI=1S/C11H16N4OS/c1-7-4-5-9(6-8(7)2)13-10(16)14-15-11(17)12-3/h4-6H,1-3H3,(H2,12,15,17)(H2,13,14,16). The van der Waals surface area contributed by atoms with Gasteiger partial charge in [-0.25, -0.2) is 10.2 Å². The van der Waals surface area contributed by atoms with Crippen molar-refractivity contribution in [3.05, 3.63) is 29.3 Å². The molecule has 1 aromatic rings. The predicted octanol–water partition coefficient (Wildman–Crippen LogP) is 1.43. The van der Waals surface area contributed by atoms with E-state index >= 15 is 0 Å². The first-order valence-corrected chi connectivity index (χ1v) is 5.55. The third-order valence-corrected chi connectivity index (χ3v) is 2.59. The van der Waals surface area contributed by atoms with E-state index in [4.69, 9.17) is 12.2 Å². The minimum absolute atomic E-state index is 0.347. The van der Waals surface area contributed by atoms with Crippen LogP contribution in [0.25, 0.3) is 0 Å². The van der Waals surface area contributed by atoms with E-state index in [1.54, 1.807) is 7.05 Å². The van der Waals surface area contributed by atoms with Crippen LogP contribution in [-0.2, 0) is 0 Å². The van der Waals surface area contributed by atoms with Gasteiger partial charge in [0, 0.05) is 12.7 Å². The van der Waals surface area contributed by atoms with Gasteiger partial charge in [0.2, 0.25) is 0 Å². The van der Waals surface area contributed by atoms with E-state index in [1.807, 2.05) is 32.0 Å². The molecular weight excluding hydrogens is 236 g/mol. The topological polar surface area (TPSA) is 65.2 Å². The summed E-state index contributed by atoms with van der Waals surface area (Å²) in [5, 5.41) is 5.72. The van der Waals surface area contributed by atoms with Gasteiger partial charge in [0.1, 0.15) is 0 Å². The normalized spacial score (nSPS) is 9.35.